The van der Waals surface area contributed by atoms with Crippen LogP contribution in [0.5, 0.6) is 0 Å². The van der Waals surface area contributed by atoms with Crippen LogP contribution in [0.3, 0.4) is 0 Å². The number of rotatable bonds is 3. The van der Waals surface area contributed by atoms with E-state index in [4.69, 9.17) is 11.6 Å². The monoisotopic (exact) mass is 232 g/mol. The van der Waals surface area contributed by atoms with E-state index in [1.807, 2.05) is 4.90 Å². The Kier molecular flexibility index (Phi) is 4.87. The number of carbonyl (C=O) groups is 1. The molecule has 0 aromatic rings. The molecule has 3 nitrogen and oxygen atoms in total. The normalized spacial score (nSPS) is 23.1. The lowest BCUT2D eigenvalue weighted by Crippen LogP contribution is -2.52. The molecule has 1 fully saturated rings. The van der Waals surface area contributed by atoms with Crippen LogP contribution in [0.4, 0.5) is 0 Å². The van der Waals surface area contributed by atoms with Gasteiger partial charge in [0.2, 0.25) is 5.91 Å². The second kappa shape index (κ2) is 5.71. The van der Waals surface area contributed by atoms with Gasteiger partial charge in [0.1, 0.15) is 5.88 Å². The van der Waals surface area contributed by atoms with Crippen molar-refractivity contribution in [3.63, 3.8) is 0 Å². The van der Waals surface area contributed by atoms with Gasteiger partial charge in [-0.05, 0) is 40.3 Å². The third kappa shape index (κ3) is 3.35. The zero-order chi connectivity index (χ0) is 11.4. The Balaban J connectivity index is 2.66. The molecule has 0 aromatic heterocycles. The Morgan fingerprint density at radius 1 is 1.60 bits per heavy atom. The number of likely N-dealkylation sites (tertiary alicyclic amines) is 1. The summed E-state index contributed by atoms with van der Waals surface area (Å²) in [5.74, 6) is 0.158. The molecule has 1 rings (SSSR count). The summed E-state index contributed by atoms with van der Waals surface area (Å²) in [6.45, 7) is 6.22. The molecule has 1 aliphatic rings. The number of hydrogen-bond acceptors (Lipinski definition) is 2. The summed E-state index contributed by atoms with van der Waals surface area (Å²) in [7, 11) is 2.11. The average Bonchev–Trinajstić information content (AvgIpc) is 2.17. The van der Waals surface area contributed by atoms with Crippen LogP contribution >= 0.6 is 11.6 Å². The van der Waals surface area contributed by atoms with E-state index < -0.39 is 0 Å². The van der Waals surface area contributed by atoms with Crippen molar-refractivity contribution in [2.45, 2.75) is 38.8 Å². The molecule has 0 aromatic carbocycles. The van der Waals surface area contributed by atoms with E-state index in [0.717, 1.165) is 19.5 Å². The van der Waals surface area contributed by atoms with Gasteiger partial charge < -0.3 is 9.80 Å². The first-order valence-electron chi connectivity index (χ1n) is 5.62. The van der Waals surface area contributed by atoms with E-state index in [-0.39, 0.29) is 17.8 Å². The zero-order valence-corrected chi connectivity index (χ0v) is 10.6. The Bertz CT molecular complexity index is 221. The third-order valence-corrected chi connectivity index (χ3v) is 3.18. The van der Waals surface area contributed by atoms with Crippen molar-refractivity contribution in [3.8, 4) is 0 Å². The fourth-order valence-corrected chi connectivity index (χ4v) is 2.49. The van der Waals surface area contributed by atoms with Crippen LogP contribution in [-0.4, -0.2) is 53.8 Å². The van der Waals surface area contributed by atoms with Gasteiger partial charge >= 0.3 is 0 Å². The maximum atomic E-state index is 11.7. The number of nitrogens with zero attached hydrogens (tertiary/aromatic N) is 2. The maximum absolute atomic E-state index is 11.7. The van der Waals surface area contributed by atoms with Crippen LogP contribution in [0.25, 0.3) is 0 Å². The molecular weight excluding hydrogens is 212 g/mol. The standard InChI is InChI=1S/C11H21ClN2O/c1-9(2)14(11(15)7-12)10-5-4-6-13(3)8-10/h9-10H,4-8H2,1-3H3. The molecule has 0 bridgehead atoms. The number of carbonyl (C=O) groups excluding carboxylic acids is 1. The van der Waals surface area contributed by atoms with E-state index >= 15 is 0 Å². The Morgan fingerprint density at radius 3 is 2.73 bits per heavy atom. The van der Waals surface area contributed by atoms with Crippen molar-refractivity contribution in [1.82, 2.24) is 9.80 Å². The summed E-state index contributed by atoms with van der Waals surface area (Å²) in [5.41, 5.74) is 0. The second-order valence-electron chi connectivity index (χ2n) is 4.59. The van der Waals surface area contributed by atoms with Gasteiger partial charge in [-0.25, -0.2) is 0 Å². The molecule has 1 unspecified atom stereocenters. The Labute approximate surface area is 97.4 Å². The molecule has 15 heavy (non-hydrogen) atoms. The van der Waals surface area contributed by atoms with E-state index in [2.05, 4.69) is 25.8 Å². The Hall–Kier alpha value is -0.280. The van der Waals surface area contributed by atoms with Crippen molar-refractivity contribution < 1.29 is 4.79 Å². The van der Waals surface area contributed by atoms with Crippen LogP contribution in [0.2, 0.25) is 0 Å². The SMILES string of the molecule is CC(C)N(C(=O)CCl)C1CCCN(C)C1. The lowest BCUT2D eigenvalue weighted by Gasteiger charge is -2.40. The highest BCUT2D eigenvalue weighted by Gasteiger charge is 2.28. The highest BCUT2D eigenvalue weighted by Crippen LogP contribution is 2.17. The van der Waals surface area contributed by atoms with Gasteiger partial charge in [0.15, 0.2) is 0 Å². The summed E-state index contributed by atoms with van der Waals surface area (Å²) in [5, 5.41) is 0. The van der Waals surface area contributed by atoms with Crippen LogP contribution in [0.1, 0.15) is 26.7 Å². The molecule has 88 valence electrons. The van der Waals surface area contributed by atoms with Gasteiger partial charge in [-0.3, -0.25) is 4.79 Å². The third-order valence-electron chi connectivity index (χ3n) is 2.95. The van der Waals surface area contributed by atoms with Crippen LogP contribution < -0.4 is 0 Å². The molecule has 1 atom stereocenters. The van der Waals surface area contributed by atoms with Crippen LogP contribution in [0, 0.1) is 0 Å². The van der Waals surface area contributed by atoms with E-state index in [1.54, 1.807) is 0 Å². The first-order chi connectivity index (χ1) is 7.06. The molecule has 1 heterocycles. The first kappa shape index (κ1) is 12.8. The predicted octanol–water partition coefficient (Wildman–Crippen LogP) is 1.56. The number of likely N-dealkylation sites (N-methyl/N-ethyl adjacent to an activating group) is 1. The van der Waals surface area contributed by atoms with Gasteiger partial charge in [0.05, 0.1) is 0 Å². The molecule has 1 saturated heterocycles. The smallest absolute Gasteiger partial charge is 0.238 e. The molecule has 1 aliphatic heterocycles. The van der Waals surface area contributed by atoms with E-state index in [9.17, 15) is 4.79 Å². The number of hydrogen-bond donors (Lipinski definition) is 0. The molecule has 0 N–H and O–H groups in total. The Morgan fingerprint density at radius 2 is 2.27 bits per heavy atom. The van der Waals surface area contributed by atoms with E-state index in [1.165, 1.54) is 6.42 Å². The number of halogens is 1. The number of amides is 1. The summed E-state index contributed by atoms with van der Waals surface area (Å²) < 4.78 is 0. The minimum Gasteiger partial charge on any atom is -0.335 e. The van der Waals surface area contributed by atoms with Gasteiger partial charge in [0.25, 0.3) is 0 Å². The van der Waals surface area contributed by atoms with Crippen LogP contribution in [-0.2, 0) is 4.79 Å². The molecular formula is C11H21ClN2O. The first-order valence-corrected chi connectivity index (χ1v) is 6.15. The number of piperidine rings is 1. The highest BCUT2D eigenvalue weighted by molar-refractivity contribution is 6.27. The van der Waals surface area contributed by atoms with Gasteiger partial charge in [-0.15, -0.1) is 11.6 Å². The zero-order valence-electron chi connectivity index (χ0n) is 9.87. The summed E-state index contributed by atoms with van der Waals surface area (Å²) in [6, 6.07) is 0.586. The van der Waals surface area contributed by atoms with Gasteiger partial charge in [0, 0.05) is 18.6 Å². The largest absolute Gasteiger partial charge is 0.335 e. The quantitative estimate of drug-likeness (QED) is 0.690. The van der Waals surface area contributed by atoms with Crippen LogP contribution in [0.15, 0.2) is 0 Å². The van der Waals surface area contributed by atoms with Crippen molar-refractivity contribution in [2.24, 2.45) is 0 Å². The topological polar surface area (TPSA) is 23.6 Å². The molecule has 4 heteroatoms. The average molecular weight is 233 g/mol. The van der Waals surface area contributed by atoms with Crippen molar-refractivity contribution in [1.29, 1.82) is 0 Å². The minimum atomic E-state index is 0.0620. The molecule has 0 aliphatic carbocycles. The molecule has 1 amide bonds. The van der Waals surface area contributed by atoms with Gasteiger partial charge in [-0.2, -0.15) is 0 Å². The van der Waals surface area contributed by atoms with Crippen molar-refractivity contribution in [2.75, 3.05) is 26.0 Å². The fraction of sp³-hybridized carbons (Fsp3) is 0.909. The predicted molar refractivity (Wildman–Crippen MR) is 63.2 cm³/mol. The lowest BCUT2D eigenvalue weighted by molar-refractivity contribution is -0.133. The number of alkyl halides is 1. The lowest BCUT2D eigenvalue weighted by atomic mass is 10.0. The second-order valence-corrected chi connectivity index (χ2v) is 4.85. The summed E-state index contributed by atoms with van der Waals surface area (Å²) in [6.07, 6.45) is 2.27. The minimum absolute atomic E-state index is 0.0620. The molecule has 0 radical (unpaired) electrons. The van der Waals surface area contributed by atoms with E-state index in [0.29, 0.717) is 6.04 Å². The maximum Gasteiger partial charge on any atom is 0.238 e. The summed E-state index contributed by atoms with van der Waals surface area (Å²) >= 11 is 5.64. The van der Waals surface area contributed by atoms with Crippen molar-refractivity contribution >= 4 is 17.5 Å². The molecule has 0 saturated carbocycles. The highest BCUT2D eigenvalue weighted by atomic mass is 35.5. The fourth-order valence-electron chi connectivity index (χ4n) is 2.35. The molecule has 0 spiro atoms. The van der Waals surface area contributed by atoms with Gasteiger partial charge in [-0.1, -0.05) is 0 Å². The summed E-state index contributed by atoms with van der Waals surface area (Å²) in [4.78, 5) is 16.0. The van der Waals surface area contributed by atoms with Crippen molar-refractivity contribution in [3.05, 3.63) is 0 Å².